The van der Waals surface area contributed by atoms with E-state index in [1.165, 1.54) is 5.56 Å². The first-order valence-electron chi connectivity index (χ1n) is 6.62. The molecule has 0 bridgehead atoms. The predicted octanol–water partition coefficient (Wildman–Crippen LogP) is 4.60. The van der Waals surface area contributed by atoms with E-state index in [-0.39, 0.29) is 6.04 Å². The Morgan fingerprint density at radius 2 is 2.05 bits per heavy atom. The number of benzene rings is 2. The maximum atomic E-state index is 6.13. The van der Waals surface area contributed by atoms with E-state index in [1.54, 1.807) is 18.9 Å². The molecule has 3 nitrogen and oxygen atoms in total. The average molecular weight is 319 g/mol. The Bertz CT molecular complexity index is 661. The van der Waals surface area contributed by atoms with Crippen molar-refractivity contribution in [3.63, 3.8) is 0 Å². The molecule has 1 aliphatic rings. The Balaban J connectivity index is 1.73. The van der Waals surface area contributed by atoms with Gasteiger partial charge in [-0.05, 0) is 23.8 Å². The number of aliphatic imine (C=N–C) groups is 1. The van der Waals surface area contributed by atoms with E-state index in [4.69, 9.17) is 21.3 Å². The highest BCUT2D eigenvalue weighted by Gasteiger charge is 2.19. The summed E-state index contributed by atoms with van der Waals surface area (Å²) in [5.41, 5.74) is 2.16. The lowest BCUT2D eigenvalue weighted by Crippen LogP contribution is -2.04. The number of methoxy groups -OCH3 is 1. The number of rotatable bonds is 3. The van der Waals surface area contributed by atoms with Crippen molar-refractivity contribution < 1.29 is 4.74 Å². The zero-order chi connectivity index (χ0) is 14.7. The van der Waals surface area contributed by atoms with E-state index in [0.29, 0.717) is 10.8 Å². The molecule has 0 saturated heterocycles. The molecule has 1 unspecified atom stereocenters. The lowest BCUT2D eigenvalue weighted by Gasteiger charge is -2.08. The zero-order valence-corrected chi connectivity index (χ0v) is 13.1. The van der Waals surface area contributed by atoms with Crippen molar-refractivity contribution in [2.45, 2.75) is 6.04 Å². The molecule has 0 amide bonds. The van der Waals surface area contributed by atoms with Gasteiger partial charge in [-0.25, -0.2) is 0 Å². The smallest absolute Gasteiger partial charge is 0.161 e. The summed E-state index contributed by atoms with van der Waals surface area (Å²) >= 11 is 7.85. The van der Waals surface area contributed by atoms with Gasteiger partial charge in [-0.1, -0.05) is 53.7 Å². The van der Waals surface area contributed by atoms with Crippen LogP contribution < -0.4 is 10.1 Å². The first-order chi connectivity index (χ1) is 10.3. The van der Waals surface area contributed by atoms with Crippen LogP contribution in [-0.4, -0.2) is 18.0 Å². The van der Waals surface area contributed by atoms with E-state index >= 15 is 0 Å². The topological polar surface area (TPSA) is 33.6 Å². The van der Waals surface area contributed by atoms with Crippen LogP contribution in [0.2, 0.25) is 5.02 Å². The molecule has 1 atom stereocenters. The molecule has 1 N–H and O–H groups in total. The van der Waals surface area contributed by atoms with Crippen LogP contribution in [0.3, 0.4) is 0 Å². The summed E-state index contributed by atoms with van der Waals surface area (Å²) in [7, 11) is 1.61. The number of hydrogen-bond acceptors (Lipinski definition) is 4. The molecule has 21 heavy (non-hydrogen) atoms. The zero-order valence-electron chi connectivity index (χ0n) is 11.5. The molecule has 2 aromatic carbocycles. The number of anilines is 1. The predicted molar refractivity (Wildman–Crippen MR) is 90.7 cm³/mol. The van der Waals surface area contributed by atoms with Crippen LogP contribution in [0, 0.1) is 0 Å². The van der Waals surface area contributed by atoms with E-state index in [1.807, 2.05) is 36.4 Å². The van der Waals surface area contributed by atoms with Gasteiger partial charge in [-0.3, -0.25) is 4.99 Å². The molecule has 5 heteroatoms. The molecule has 2 aromatic rings. The van der Waals surface area contributed by atoms with Crippen molar-refractivity contribution in [3.05, 3.63) is 59.1 Å². The van der Waals surface area contributed by atoms with Crippen LogP contribution in [0.1, 0.15) is 11.6 Å². The first-order valence-corrected chi connectivity index (χ1v) is 7.99. The van der Waals surface area contributed by atoms with E-state index in [9.17, 15) is 0 Å². The summed E-state index contributed by atoms with van der Waals surface area (Å²) in [6.45, 7) is 0. The summed E-state index contributed by atoms with van der Waals surface area (Å²) in [6.07, 6.45) is 0. The molecular formula is C16H15ClN2OS. The van der Waals surface area contributed by atoms with Crippen molar-refractivity contribution in [1.29, 1.82) is 0 Å². The Morgan fingerprint density at radius 3 is 2.76 bits per heavy atom. The van der Waals surface area contributed by atoms with Crippen LogP contribution in [0.4, 0.5) is 5.69 Å². The monoisotopic (exact) mass is 318 g/mol. The third kappa shape index (κ3) is 3.34. The van der Waals surface area contributed by atoms with Gasteiger partial charge in [0.1, 0.15) is 5.75 Å². The summed E-state index contributed by atoms with van der Waals surface area (Å²) < 4.78 is 5.15. The van der Waals surface area contributed by atoms with Crippen LogP contribution in [0.15, 0.2) is 53.5 Å². The van der Waals surface area contributed by atoms with Crippen LogP contribution in [-0.2, 0) is 0 Å². The maximum Gasteiger partial charge on any atom is 0.161 e. The van der Waals surface area contributed by atoms with Gasteiger partial charge in [0.2, 0.25) is 0 Å². The Hall–Kier alpha value is -1.65. The lowest BCUT2D eigenvalue weighted by molar-refractivity contribution is 0.415. The van der Waals surface area contributed by atoms with Crippen molar-refractivity contribution in [2.24, 2.45) is 4.99 Å². The Morgan fingerprint density at radius 1 is 1.24 bits per heavy atom. The van der Waals surface area contributed by atoms with Crippen LogP contribution >= 0.6 is 23.4 Å². The second-order valence-electron chi connectivity index (χ2n) is 4.65. The summed E-state index contributed by atoms with van der Waals surface area (Å²) in [5.74, 6) is 1.63. The molecule has 1 heterocycles. The number of ether oxygens (including phenoxy) is 1. The Labute approximate surface area is 133 Å². The van der Waals surface area contributed by atoms with Gasteiger partial charge in [-0.2, -0.15) is 0 Å². The van der Waals surface area contributed by atoms with Gasteiger partial charge < -0.3 is 10.1 Å². The van der Waals surface area contributed by atoms with Crippen LogP contribution in [0.25, 0.3) is 0 Å². The van der Waals surface area contributed by atoms with Crippen molar-refractivity contribution >= 4 is 34.2 Å². The summed E-state index contributed by atoms with van der Waals surface area (Å²) in [5, 5.41) is 4.82. The minimum absolute atomic E-state index is 0.215. The number of halogens is 1. The number of nitrogens with zero attached hydrogens (tertiary/aromatic N) is 1. The van der Waals surface area contributed by atoms with Crippen molar-refractivity contribution in [2.75, 3.05) is 18.2 Å². The number of nitrogens with one attached hydrogen (secondary N) is 1. The molecule has 3 rings (SSSR count). The fraction of sp³-hybridized carbons (Fsp3) is 0.188. The molecule has 0 fully saturated rings. The van der Waals surface area contributed by atoms with Gasteiger partial charge in [0.05, 0.1) is 18.2 Å². The van der Waals surface area contributed by atoms with Gasteiger partial charge >= 0.3 is 0 Å². The summed E-state index contributed by atoms with van der Waals surface area (Å²) in [4.78, 5) is 4.72. The van der Waals surface area contributed by atoms with Gasteiger partial charge in [0.15, 0.2) is 5.17 Å². The van der Waals surface area contributed by atoms with Crippen LogP contribution in [0.5, 0.6) is 5.75 Å². The first kappa shape index (κ1) is 14.3. The largest absolute Gasteiger partial charge is 0.495 e. The normalized spacial score (nSPS) is 17.4. The third-order valence-corrected chi connectivity index (χ3v) is 4.50. The third-order valence-electron chi connectivity index (χ3n) is 3.24. The van der Waals surface area contributed by atoms with Gasteiger partial charge in [-0.15, -0.1) is 0 Å². The second kappa shape index (κ2) is 6.41. The summed E-state index contributed by atoms with van der Waals surface area (Å²) in [6, 6.07) is 16.2. The SMILES string of the molecule is COc1ccc(NC2=NC(c3ccccc3)CS2)cc1Cl. The molecule has 1 aliphatic heterocycles. The van der Waals surface area contributed by atoms with E-state index < -0.39 is 0 Å². The quantitative estimate of drug-likeness (QED) is 0.897. The standard InChI is InChI=1S/C16H15ClN2OS/c1-20-15-8-7-12(9-13(15)17)18-16-19-14(10-21-16)11-5-3-2-4-6-11/h2-9,14H,10H2,1H3,(H,18,19). The molecule has 0 radical (unpaired) electrons. The van der Waals surface area contributed by atoms with E-state index in [2.05, 4.69) is 17.4 Å². The molecule has 0 saturated carbocycles. The fourth-order valence-corrected chi connectivity index (χ4v) is 3.39. The highest BCUT2D eigenvalue weighted by molar-refractivity contribution is 8.14. The van der Waals surface area contributed by atoms with Gasteiger partial charge in [0, 0.05) is 11.4 Å². The number of hydrogen-bond donors (Lipinski definition) is 1. The lowest BCUT2D eigenvalue weighted by atomic mass is 10.1. The fourth-order valence-electron chi connectivity index (χ4n) is 2.16. The molecule has 0 aliphatic carbocycles. The maximum absolute atomic E-state index is 6.13. The highest BCUT2D eigenvalue weighted by Crippen LogP contribution is 2.32. The van der Waals surface area contributed by atoms with Crippen molar-refractivity contribution in [3.8, 4) is 5.75 Å². The number of amidine groups is 1. The van der Waals surface area contributed by atoms with Gasteiger partial charge in [0.25, 0.3) is 0 Å². The van der Waals surface area contributed by atoms with E-state index in [0.717, 1.165) is 16.6 Å². The molecule has 0 aromatic heterocycles. The number of thioether (sulfide) groups is 1. The Kier molecular flexibility index (Phi) is 4.36. The molecule has 0 spiro atoms. The highest BCUT2D eigenvalue weighted by atomic mass is 35.5. The minimum atomic E-state index is 0.215. The second-order valence-corrected chi connectivity index (χ2v) is 6.06. The average Bonchev–Trinajstić information content (AvgIpc) is 2.97. The molecule has 108 valence electrons. The molecular weight excluding hydrogens is 304 g/mol. The minimum Gasteiger partial charge on any atom is -0.495 e. The van der Waals surface area contributed by atoms with Crippen molar-refractivity contribution in [1.82, 2.24) is 0 Å².